The Kier molecular flexibility index (Phi) is 13.7. The minimum atomic E-state index is 0.475. The molecule has 1 rings (SSSR count). The fourth-order valence-corrected chi connectivity index (χ4v) is 4.23. The number of nitrogens with zero attached hydrogens (tertiary/aromatic N) is 2. The fourth-order valence-electron chi connectivity index (χ4n) is 2.32. The maximum atomic E-state index is 5.68. The highest BCUT2D eigenvalue weighted by atomic mass is 32.2. The first-order valence-electron chi connectivity index (χ1n) is 9.65. The third-order valence-electron chi connectivity index (χ3n) is 3.88. The largest absolute Gasteiger partial charge is 0.394 e. The Labute approximate surface area is 166 Å². The number of aromatic nitrogens is 2. The number of hydrogen-bond acceptors (Lipinski definition) is 7. The Hall–Kier alpha value is -0.140. The Balaban J connectivity index is 2.14. The summed E-state index contributed by atoms with van der Waals surface area (Å²) in [6.45, 7) is 8.88. The van der Waals surface area contributed by atoms with Gasteiger partial charge in [0.15, 0.2) is 0 Å². The zero-order chi connectivity index (χ0) is 18.3. The van der Waals surface area contributed by atoms with Crippen LogP contribution >= 0.6 is 35.4 Å². The van der Waals surface area contributed by atoms with Gasteiger partial charge in [0.1, 0.15) is 0 Å². The highest BCUT2D eigenvalue weighted by Gasteiger charge is 2.12. The van der Waals surface area contributed by atoms with Crippen LogP contribution in [0.3, 0.4) is 0 Å². The Morgan fingerprint density at radius 1 is 0.760 bits per heavy atom. The minimum Gasteiger partial charge on any atom is -0.394 e. The summed E-state index contributed by atoms with van der Waals surface area (Å²) >= 11 is 4.35. The summed E-state index contributed by atoms with van der Waals surface area (Å²) in [7, 11) is 0. The molecule has 0 aliphatic carbocycles. The van der Waals surface area contributed by atoms with E-state index in [9.17, 15) is 0 Å². The van der Waals surface area contributed by atoms with Gasteiger partial charge in [0.05, 0.1) is 24.1 Å². The first-order valence-corrected chi connectivity index (χ1v) is 12.1. The molecular formula is C18H34N2O2S3. The van der Waals surface area contributed by atoms with Gasteiger partial charge in [-0.05, 0) is 24.2 Å². The summed E-state index contributed by atoms with van der Waals surface area (Å²) in [5, 5.41) is 10.2. The van der Waals surface area contributed by atoms with E-state index in [2.05, 4.69) is 37.9 Å². The van der Waals surface area contributed by atoms with Gasteiger partial charge in [-0.2, -0.15) is 0 Å². The quantitative estimate of drug-likeness (QED) is 0.212. The van der Waals surface area contributed by atoms with Gasteiger partial charge in [-0.25, -0.2) is 0 Å². The topological polar surface area (TPSA) is 44.2 Å². The molecule has 2 atom stereocenters. The summed E-state index contributed by atoms with van der Waals surface area (Å²) < 4.78 is 11.4. The smallest absolute Gasteiger partial charge is 0.309 e. The molecule has 2 unspecified atom stereocenters. The first kappa shape index (κ1) is 22.9. The Bertz CT molecular complexity index is 396. The molecule has 0 aromatic carbocycles. The summed E-state index contributed by atoms with van der Waals surface area (Å²) in [4.78, 5) is 0. The van der Waals surface area contributed by atoms with Crippen LogP contribution in [0.1, 0.15) is 91.9 Å². The van der Waals surface area contributed by atoms with Gasteiger partial charge in [0, 0.05) is 10.5 Å². The second-order valence-electron chi connectivity index (χ2n) is 6.51. The molecule has 1 aromatic rings. The molecule has 0 aliphatic rings. The van der Waals surface area contributed by atoms with Crippen molar-refractivity contribution in [1.82, 2.24) is 10.2 Å². The predicted molar refractivity (Wildman–Crippen MR) is 113 cm³/mol. The third kappa shape index (κ3) is 12.0. The lowest BCUT2D eigenvalue weighted by Crippen LogP contribution is -1.98. The van der Waals surface area contributed by atoms with E-state index in [4.69, 9.17) is 8.37 Å². The molecule has 0 fully saturated rings. The molecule has 25 heavy (non-hydrogen) atoms. The van der Waals surface area contributed by atoms with E-state index in [0.717, 1.165) is 0 Å². The average molecular weight is 407 g/mol. The monoisotopic (exact) mass is 406 g/mol. The maximum absolute atomic E-state index is 5.68. The van der Waals surface area contributed by atoms with Crippen molar-refractivity contribution in [2.24, 2.45) is 0 Å². The van der Waals surface area contributed by atoms with Crippen LogP contribution in [0.5, 0.6) is 10.4 Å². The maximum Gasteiger partial charge on any atom is 0.309 e. The molecule has 0 bridgehead atoms. The molecule has 7 heteroatoms. The molecule has 0 N–H and O–H groups in total. The summed E-state index contributed by atoms with van der Waals surface area (Å²) in [6, 6.07) is 0. The van der Waals surface area contributed by atoms with Gasteiger partial charge in [-0.15, -0.1) is 0 Å². The Morgan fingerprint density at radius 2 is 1.20 bits per heavy atom. The summed E-state index contributed by atoms with van der Waals surface area (Å²) in [6.07, 6.45) is 12.7. The normalized spacial score (nSPS) is 13.6. The Morgan fingerprint density at radius 3 is 1.60 bits per heavy atom. The first-order chi connectivity index (χ1) is 12.2. The molecule has 146 valence electrons. The molecule has 0 radical (unpaired) electrons. The lowest BCUT2D eigenvalue weighted by molar-refractivity contribution is 0.581. The van der Waals surface area contributed by atoms with Gasteiger partial charge in [0.25, 0.3) is 0 Å². The van der Waals surface area contributed by atoms with Gasteiger partial charge < -0.3 is 8.37 Å². The number of hydrogen-bond donors (Lipinski definition) is 0. The molecule has 0 spiro atoms. The van der Waals surface area contributed by atoms with E-state index >= 15 is 0 Å². The van der Waals surface area contributed by atoms with Crippen molar-refractivity contribution in [3.05, 3.63) is 0 Å². The number of rotatable bonds is 16. The van der Waals surface area contributed by atoms with Crippen LogP contribution in [0.15, 0.2) is 0 Å². The molecule has 1 heterocycles. The second kappa shape index (κ2) is 15.0. The highest BCUT2D eigenvalue weighted by Crippen LogP contribution is 2.32. The zero-order valence-electron chi connectivity index (χ0n) is 16.2. The van der Waals surface area contributed by atoms with Gasteiger partial charge in [-0.3, -0.25) is 0 Å². The van der Waals surface area contributed by atoms with Gasteiger partial charge in [-0.1, -0.05) is 89.3 Å². The van der Waals surface area contributed by atoms with Crippen LogP contribution < -0.4 is 8.37 Å². The van der Waals surface area contributed by atoms with E-state index in [-0.39, 0.29) is 0 Å². The molecular weight excluding hydrogens is 372 g/mol. The van der Waals surface area contributed by atoms with Crippen molar-refractivity contribution >= 4 is 35.4 Å². The van der Waals surface area contributed by atoms with Crippen molar-refractivity contribution in [2.45, 2.75) is 102 Å². The summed E-state index contributed by atoms with van der Waals surface area (Å²) in [5.41, 5.74) is 0. The van der Waals surface area contributed by atoms with Crippen molar-refractivity contribution in [3.8, 4) is 10.4 Å². The van der Waals surface area contributed by atoms with Crippen LogP contribution in [0.4, 0.5) is 0 Å². The lowest BCUT2D eigenvalue weighted by Gasteiger charge is -2.09. The molecule has 0 aliphatic heterocycles. The second-order valence-corrected chi connectivity index (χ2v) is 9.74. The van der Waals surface area contributed by atoms with E-state index < -0.39 is 0 Å². The lowest BCUT2D eigenvalue weighted by atomic mass is 10.1. The van der Waals surface area contributed by atoms with E-state index in [1.165, 1.54) is 99.6 Å². The number of unbranched alkanes of at least 4 members (excludes halogenated alkanes) is 6. The molecule has 0 saturated carbocycles. The summed E-state index contributed by atoms with van der Waals surface area (Å²) in [5.74, 6) is 0. The van der Waals surface area contributed by atoms with E-state index in [1.54, 1.807) is 0 Å². The third-order valence-corrected chi connectivity index (χ3v) is 6.41. The highest BCUT2D eigenvalue weighted by molar-refractivity contribution is 7.96. The predicted octanol–water partition coefficient (Wildman–Crippen LogP) is 7.31. The van der Waals surface area contributed by atoms with Crippen molar-refractivity contribution < 1.29 is 8.37 Å². The van der Waals surface area contributed by atoms with E-state index in [1.807, 2.05) is 0 Å². The van der Waals surface area contributed by atoms with Crippen molar-refractivity contribution in [1.29, 1.82) is 0 Å². The van der Waals surface area contributed by atoms with Gasteiger partial charge >= 0.3 is 10.4 Å². The standard InChI is InChI=1S/C18H34N2O2S3/c1-5-7-9-11-13-15(3)24-21-17-19-20-18(23-17)22-25-16(4)14-12-10-8-6-2/h15-16H,5-14H2,1-4H3. The molecule has 4 nitrogen and oxygen atoms in total. The van der Waals surface area contributed by atoms with Crippen LogP contribution in [0, 0.1) is 0 Å². The van der Waals surface area contributed by atoms with Crippen LogP contribution in [0.25, 0.3) is 0 Å². The van der Waals surface area contributed by atoms with Gasteiger partial charge in [0.2, 0.25) is 0 Å². The van der Waals surface area contributed by atoms with Crippen LogP contribution in [-0.4, -0.2) is 20.7 Å². The average Bonchev–Trinajstić information content (AvgIpc) is 3.07. The SMILES string of the molecule is CCCCCCC(C)SOc1nnc(OSC(C)CCCCCC)s1. The zero-order valence-corrected chi connectivity index (χ0v) is 18.6. The van der Waals surface area contributed by atoms with Crippen molar-refractivity contribution in [3.63, 3.8) is 0 Å². The van der Waals surface area contributed by atoms with E-state index in [0.29, 0.717) is 20.9 Å². The van der Waals surface area contributed by atoms with Crippen LogP contribution in [-0.2, 0) is 0 Å². The fraction of sp³-hybridized carbons (Fsp3) is 0.889. The van der Waals surface area contributed by atoms with Crippen LogP contribution in [0.2, 0.25) is 0 Å². The molecule has 0 amide bonds. The molecule has 0 saturated heterocycles. The minimum absolute atomic E-state index is 0.475. The van der Waals surface area contributed by atoms with Crippen molar-refractivity contribution in [2.75, 3.05) is 0 Å². The molecule has 1 aromatic heterocycles.